The Morgan fingerprint density at radius 3 is 2.78 bits per heavy atom. The van der Waals surface area contributed by atoms with E-state index < -0.39 is 21.5 Å². The zero-order valence-corrected chi connectivity index (χ0v) is 12.0. The van der Waals surface area contributed by atoms with Crippen molar-refractivity contribution in [2.45, 2.75) is 35.2 Å². The summed E-state index contributed by atoms with van der Waals surface area (Å²) in [5, 5.41) is 9.28. The van der Waals surface area contributed by atoms with E-state index in [0.717, 1.165) is 6.42 Å². The number of fused-ring (bicyclic) bond motifs is 1. The highest BCUT2D eigenvalue weighted by Crippen LogP contribution is 2.37. The topological polar surface area (TPSA) is 54.4 Å². The molecule has 2 atom stereocenters. The summed E-state index contributed by atoms with van der Waals surface area (Å²) in [6.45, 7) is 3.05. The van der Waals surface area contributed by atoms with Crippen LogP contribution < -0.4 is 0 Å². The Labute approximate surface area is 113 Å². The van der Waals surface area contributed by atoms with Gasteiger partial charge in [0, 0.05) is 26.7 Å². The average molecular weight is 284 g/mol. The second kappa shape index (κ2) is 5.05. The van der Waals surface area contributed by atoms with Crippen LogP contribution in [0.15, 0.2) is 29.2 Å². The van der Waals surface area contributed by atoms with Crippen LogP contribution in [0.3, 0.4) is 0 Å². The summed E-state index contributed by atoms with van der Waals surface area (Å²) in [7, 11) is -1.36. The van der Waals surface area contributed by atoms with Crippen LogP contribution in [-0.2, 0) is 22.0 Å². The standard InChI is InChI=1S/C13H16O3S2/c1-13(2,12(14)15)18(16)8-10-7-9-5-3-4-6-11(9)17-10/h3-6,10H,7-8H2,1-2H3,(H,14,15). The molecule has 0 bridgehead atoms. The number of thioether (sulfide) groups is 1. The highest BCUT2D eigenvalue weighted by Gasteiger charge is 2.36. The molecule has 0 spiro atoms. The third-order valence-electron chi connectivity index (χ3n) is 3.14. The number of hydrogen-bond acceptors (Lipinski definition) is 3. The van der Waals surface area contributed by atoms with Crippen molar-refractivity contribution in [2.75, 3.05) is 5.75 Å². The highest BCUT2D eigenvalue weighted by molar-refractivity contribution is 8.01. The van der Waals surface area contributed by atoms with Crippen LogP contribution in [-0.4, -0.2) is 31.0 Å². The van der Waals surface area contributed by atoms with Gasteiger partial charge in [0.1, 0.15) is 4.75 Å². The first-order valence-corrected chi connectivity index (χ1v) is 7.97. The third-order valence-corrected chi connectivity index (χ3v) is 6.68. The highest BCUT2D eigenvalue weighted by atomic mass is 32.2. The molecule has 2 unspecified atom stereocenters. The van der Waals surface area contributed by atoms with Crippen molar-refractivity contribution in [1.82, 2.24) is 0 Å². The van der Waals surface area contributed by atoms with E-state index >= 15 is 0 Å². The van der Waals surface area contributed by atoms with Gasteiger partial charge in [-0.2, -0.15) is 0 Å². The molecule has 0 saturated carbocycles. The molecule has 98 valence electrons. The molecule has 0 amide bonds. The molecule has 1 aromatic carbocycles. The number of hydrogen-bond donors (Lipinski definition) is 1. The number of carboxylic acid groups (broad SMARTS) is 1. The predicted octanol–water partition coefficient (Wildman–Crippen LogP) is 2.32. The molecule has 1 heterocycles. The minimum Gasteiger partial charge on any atom is -0.480 e. The Hall–Kier alpha value is -0.810. The number of carboxylic acids is 1. The van der Waals surface area contributed by atoms with Crippen LogP contribution in [0.1, 0.15) is 19.4 Å². The van der Waals surface area contributed by atoms with Crippen LogP contribution in [0.25, 0.3) is 0 Å². The van der Waals surface area contributed by atoms with Gasteiger partial charge in [0.15, 0.2) is 0 Å². The molecular formula is C13H16O3S2. The van der Waals surface area contributed by atoms with Gasteiger partial charge in [-0.3, -0.25) is 9.00 Å². The lowest BCUT2D eigenvalue weighted by molar-refractivity contribution is -0.139. The van der Waals surface area contributed by atoms with Gasteiger partial charge >= 0.3 is 5.97 Å². The molecule has 0 fully saturated rings. The fourth-order valence-corrected chi connectivity index (χ4v) is 4.61. The molecule has 1 aromatic rings. The molecule has 1 aliphatic heterocycles. The maximum absolute atomic E-state index is 12.1. The quantitative estimate of drug-likeness (QED) is 0.922. The van der Waals surface area contributed by atoms with Crippen LogP contribution >= 0.6 is 11.8 Å². The van der Waals surface area contributed by atoms with E-state index in [1.165, 1.54) is 24.3 Å². The summed E-state index contributed by atoms with van der Waals surface area (Å²) in [6, 6.07) is 8.13. The SMILES string of the molecule is CC(C)(C(=O)O)S(=O)CC1Cc2ccccc2S1. The summed E-state index contributed by atoms with van der Waals surface area (Å²) in [4.78, 5) is 12.3. The first-order valence-electron chi connectivity index (χ1n) is 5.77. The summed E-state index contributed by atoms with van der Waals surface area (Å²) >= 11 is 1.71. The van der Waals surface area contributed by atoms with Crippen molar-refractivity contribution in [1.29, 1.82) is 0 Å². The molecule has 2 rings (SSSR count). The van der Waals surface area contributed by atoms with E-state index in [1.807, 2.05) is 12.1 Å². The maximum atomic E-state index is 12.1. The van der Waals surface area contributed by atoms with Gasteiger partial charge < -0.3 is 5.11 Å². The van der Waals surface area contributed by atoms with Crippen LogP contribution in [0.5, 0.6) is 0 Å². The minimum absolute atomic E-state index is 0.224. The monoisotopic (exact) mass is 284 g/mol. The largest absolute Gasteiger partial charge is 0.480 e. The molecule has 0 aromatic heterocycles. The van der Waals surface area contributed by atoms with E-state index in [4.69, 9.17) is 5.11 Å². The molecule has 18 heavy (non-hydrogen) atoms. The molecular weight excluding hydrogens is 268 g/mol. The Morgan fingerprint density at radius 1 is 1.50 bits per heavy atom. The molecule has 5 heteroatoms. The minimum atomic E-state index is -1.36. The smallest absolute Gasteiger partial charge is 0.321 e. The first-order chi connectivity index (χ1) is 8.41. The van der Waals surface area contributed by atoms with Crippen molar-refractivity contribution in [2.24, 2.45) is 0 Å². The third kappa shape index (κ3) is 2.62. The van der Waals surface area contributed by atoms with Crippen molar-refractivity contribution < 1.29 is 14.1 Å². The number of benzene rings is 1. The maximum Gasteiger partial charge on any atom is 0.321 e. The number of aliphatic carboxylic acids is 1. The Kier molecular flexibility index (Phi) is 3.82. The Morgan fingerprint density at radius 2 is 2.17 bits per heavy atom. The van der Waals surface area contributed by atoms with E-state index in [-0.39, 0.29) is 5.25 Å². The normalized spacial score (nSPS) is 20.4. The zero-order valence-electron chi connectivity index (χ0n) is 10.4. The lowest BCUT2D eigenvalue weighted by Crippen LogP contribution is -2.39. The second-order valence-corrected chi connectivity index (χ2v) is 8.27. The van der Waals surface area contributed by atoms with Crippen molar-refractivity contribution in [3.05, 3.63) is 29.8 Å². The van der Waals surface area contributed by atoms with Crippen molar-refractivity contribution >= 4 is 28.5 Å². The Bertz CT molecular complexity index is 472. The summed E-state index contributed by atoms with van der Waals surface area (Å²) in [6.07, 6.45) is 0.877. The van der Waals surface area contributed by atoms with Crippen LogP contribution in [0.2, 0.25) is 0 Å². The van der Waals surface area contributed by atoms with Crippen LogP contribution in [0, 0.1) is 0 Å². The zero-order chi connectivity index (χ0) is 13.3. The summed E-state index contributed by atoms with van der Waals surface area (Å²) in [5.41, 5.74) is 1.28. The fraction of sp³-hybridized carbons (Fsp3) is 0.462. The van der Waals surface area contributed by atoms with E-state index in [9.17, 15) is 9.00 Å². The summed E-state index contributed by atoms with van der Waals surface area (Å²) < 4.78 is 11.0. The molecule has 3 nitrogen and oxygen atoms in total. The lowest BCUT2D eigenvalue weighted by Gasteiger charge is -2.20. The second-order valence-electron chi connectivity index (χ2n) is 4.88. The molecule has 0 radical (unpaired) electrons. The van der Waals surface area contributed by atoms with E-state index in [1.54, 1.807) is 11.8 Å². The van der Waals surface area contributed by atoms with Crippen molar-refractivity contribution in [3.8, 4) is 0 Å². The predicted molar refractivity (Wildman–Crippen MR) is 74.5 cm³/mol. The molecule has 0 saturated heterocycles. The van der Waals surface area contributed by atoms with Gasteiger partial charge in [0.25, 0.3) is 0 Å². The fourth-order valence-electron chi connectivity index (χ4n) is 1.82. The van der Waals surface area contributed by atoms with E-state index in [2.05, 4.69) is 12.1 Å². The van der Waals surface area contributed by atoms with Gasteiger partial charge in [0.05, 0.1) is 0 Å². The van der Waals surface area contributed by atoms with Crippen molar-refractivity contribution in [3.63, 3.8) is 0 Å². The van der Waals surface area contributed by atoms with Gasteiger partial charge in [-0.25, -0.2) is 0 Å². The van der Waals surface area contributed by atoms with E-state index in [0.29, 0.717) is 5.75 Å². The number of rotatable bonds is 4. The van der Waals surface area contributed by atoms with Gasteiger partial charge in [-0.1, -0.05) is 18.2 Å². The van der Waals surface area contributed by atoms with Gasteiger partial charge in [0.2, 0.25) is 0 Å². The average Bonchev–Trinajstić information content (AvgIpc) is 2.70. The summed E-state index contributed by atoms with van der Waals surface area (Å²) in [5.74, 6) is -0.570. The number of carbonyl (C=O) groups is 1. The molecule has 1 N–H and O–H groups in total. The molecule has 1 aliphatic rings. The first kappa shape index (κ1) is 13.6. The van der Waals surface area contributed by atoms with Gasteiger partial charge in [-0.15, -0.1) is 11.8 Å². The van der Waals surface area contributed by atoms with Crippen LogP contribution in [0.4, 0.5) is 0 Å². The van der Waals surface area contributed by atoms with Gasteiger partial charge in [-0.05, 0) is 31.9 Å². The molecule has 0 aliphatic carbocycles. The lowest BCUT2D eigenvalue weighted by atomic mass is 10.1. The Balaban J connectivity index is 2.02.